The number of thioether (sulfide) groups is 1. The summed E-state index contributed by atoms with van der Waals surface area (Å²) in [5, 5.41) is 0. The minimum absolute atomic E-state index is 0.879. The van der Waals surface area contributed by atoms with Crippen molar-refractivity contribution in [1.29, 1.82) is 0 Å². The molecule has 0 spiro atoms. The number of rotatable bonds is 4. The highest BCUT2D eigenvalue weighted by molar-refractivity contribution is 7.99. The predicted molar refractivity (Wildman–Crippen MR) is 87.0 cm³/mol. The largest absolute Gasteiger partial charge is 0.399 e. The molecule has 104 valence electrons. The van der Waals surface area contributed by atoms with Gasteiger partial charge in [0.05, 0.1) is 0 Å². The second-order valence-corrected chi connectivity index (χ2v) is 6.38. The lowest BCUT2D eigenvalue weighted by Gasteiger charge is -2.28. The molecule has 0 amide bonds. The average Bonchev–Trinajstić information content (AvgIpc) is 2.48. The zero-order chi connectivity index (χ0) is 13.8. The summed E-state index contributed by atoms with van der Waals surface area (Å²) in [6.45, 7) is 3.33. The van der Waals surface area contributed by atoms with Gasteiger partial charge in [0, 0.05) is 36.0 Å². The van der Waals surface area contributed by atoms with Crippen LogP contribution in [0.3, 0.4) is 0 Å². The highest BCUT2D eigenvalue weighted by Crippen LogP contribution is 2.22. The highest BCUT2D eigenvalue weighted by atomic mass is 32.2. The fraction of sp³-hybridized carbons (Fsp3) is 0.294. The van der Waals surface area contributed by atoms with Crippen LogP contribution in [-0.2, 0) is 13.0 Å². The van der Waals surface area contributed by atoms with Crippen LogP contribution in [0.1, 0.15) is 11.1 Å². The fourth-order valence-corrected chi connectivity index (χ4v) is 3.57. The monoisotopic (exact) mass is 284 g/mol. The summed E-state index contributed by atoms with van der Waals surface area (Å²) < 4.78 is 0. The van der Waals surface area contributed by atoms with E-state index in [2.05, 4.69) is 47.4 Å². The van der Waals surface area contributed by atoms with Crippen LogP contribution in [0, 0.1) is 0 Å². The zero-order valence-corrected chi connectivity index (χ0v) is 12.4. The van der Waals surface area contributed by atoms with Crippen LogP contribution in [0.2, 0.25) is 0 Å². The number of nitrogen functional groups attached to an aromatic ring is 1. The van der Waals surface area contributed by atoms with E-state index in [0.717, 1.165) is 37.5 Å². The van der Waals surface area contributed by atoms with E-state index in [0.29, 0.717) is 0 Å². The Kier molecular flexibility index (Phi) is 4.28. The first-order valence-electron chi connectivity index (χ1n) is 7.09. The fourth-order valence-electron chi connectivity index (χ4n) is 2.64. The molecule has 0 saturated carbocycles. The van der Waals surface area contributed by atoms with Crippen LogP contribution >= 0.6 is 11.8 Å². The van der Waals surface area contributed by atoms with Crippen LogP contribution < -0.4 is 5.73 Å². The van der Waals surface area contributed by atoms with E-state index in [9.17, 15) is 0 Å². The molecule has 0 aromatic heterocycles. The van der Waals surface area contributed by atoms with Gasteiger partial charge in [-0.3, -0.25) is 4.90 Å². The molecule has 0 atom stereocenters. The number of hydrogen-bond acceptors (Lipinski definition) is 3. The third-order valence-electron chi connectivity index (χ3n) is 3.74. The second-order valence-electron chi connectivity index (χ2n) is 5.22. The predicted octanol–water partition coefficient (Wildman–Crippen LogP) is 3.42. The maximum Gasteiger partial charge on any atom is 0.0317 e. The first kappa shape index (κ1) is 13.5. The summed E-state index contributed by atoms with van der Waals surface area (Å²) in [6, 6.07) is 16.9. The van der Waals surface area contributed by atoms with E-state index in [1.165, 1.54) is 16.0 Å². The SMILES string of the molecule is Nc1ccc2c(c1)CN(CCSc1ccccc1)CC2. The van der Waals surface area contributed by atoms with Gasteiger partial charge in [-0.15, -0.1) is 11.8 Å². The molecule has 2 aromatic carbocycles. The molecule has 2 aromatic rings. The first-order valence-corrected chi connectivity index (χ1v) is 8.07. The molecular weight excluding hydrogens is 264 g/mol. The van der Waals surface area contributed by atoms with Gasteiger partial charge < -0.3 is 5.73 Å². The van der Waals surface area contributed by atoms with Gasteiger partial charge >= 0.3 is 0 Å². The second kappa shape index (κ2) is 6.33. The van der Waals surface area contributed by atoms with Crippen molar-refractivity contribution in [2.24, 2.45) is 0 Å². The summed E-state index contributed by atoms with van der Waals surface area (Å²) in [6.07, 6.45) is 1.14. The van der Waals surface area contributed by atoms with E-state index in [4.69, 9.17) is 5.73 Å². The molecule has 20 heavy (non-hydrogen) atoms. The maximum atomic E-state index is 5.88. The highest BCUT2D eigenvalue weighted by Gasteiger charge is 2.15. The van der Waals surface area contributed by atoms with Crippen LogP contribution in [0.25, 0.3) is 0 Å². The average molecular weight is 284 g/mol. The molecule has 1 aliphatic heterocycles. The van der Waals surface area contributed by atoms with Crippen molar-refractivity contribution in [1.82, 2.24) is 4.90 Å². The van der Waals surface area contributed by atoms with Crippen LogP contribution in [0.4, 0.5) is 5.69 Å². The summed E-state index contributed by atoms with van der Waals surface area (Å²) >= 11 is 1.93. The third-order valence-corrected chi connectivity index (χ3v) is 4.73. The van der Waals surface area contributed by atoms with Gasteiger partial charge in [0.1, 0.15) is 0 Å². The lowest BCUT2D eigenvalue weighted by molar-refractivity contribution is 0.270. The lowest BCUT2D eigenvalue weighted by Crippen LogP contribution is -2.32. The molecule has 0 bridgehead atoms. The molecule has 0 aliphatic carbocycles. The maximum absolute atomic E-state index is 5.88. The van der Waals surface area contributed by atoms with E-state index >= 15 is 0 Å². The summed E-state index contributed by atoms with van der Waals surface area (Å²) in [5.74, 6) is 1.14. The standard InChI is InChI=1S/C17H20N2S/c18-16-7-6-14-8-9-19(13-15(14)12-16)10-11-20-17-4-2-1-3-5-17/h1-7,12H,8-11,13,18H2. The van der Waals surface area contributed by atoms with E-state index < -0.39 is 0 Å². The quantitative estimate of drug-likeness (QED) is 0.689. The number of benzene rings is 2. The minimum Gasteiger partial charge on any atom is -0.399 e. The summed E-state index contributed by atoms with van der Waals surface area (Å²) in [4.78, 5) is 3.88. The number of anilines is 1. The Morgan fingerprint density at radius 3 is 2.75 bits per heavy atom. The number of hydrogen-bond donors (Lipinski definition) is 1. The first-order chi connectivity index (χ1) is 9.81. The van der Waals surface area contributed by atoms with Crippen LogP contribution in [-0.4, -0.2) is 23.7 Å². The smallest absolute Gasteiger partial charge is 0.0317 e. The summed E-state index contributed by atoms with van der Waals surface area (Å²) in [7, 11) is 0. The Labute approximate surface area is 125 Å². The number of fused-ring (bicyclic) bond motifs is 1. The number of nitrogens with zero attached hydrogens (tertiary/aromatic N) is 1. The van der Waals surface area contributed by atoms with E-state index in [-0.39, 0.29) is 0 Å². The molecule has 1 heterocycles. The normalized spacial score (nSPS) is 15.0. The molecule has 2 N–H and O–H groups in total. The topological polar surface area (TPSA) is 29.3 Å². The molecule has 0 unspecified atom stereocenters. The van der Waals surface area contributed by atoms with Crippen molar-refractivity contribution in [3.8, 4) is 0 Å². The molecule has 0 fully saturated rings. The van der Waals surface area contributed by atoms with E-state index in [1.54, 1.807) is 0 Å². The van der Waals surface area contributed by atoms with Crippen molar-refractivity contribution in [2.45, 2.75) is 17.9 Å². The van der Waals surface area contributed by atoms with Gasteiger partial charge in [0.2, 0.25) is 0 Å². The summed E-state index contributed by atoms with van der Waals surface area (Å²) in [5.41, 5.74) is 9.63. The van der Waals surface area contributed by atoms with Crippen LogP contribution in [0.5, 0.6) is 0 Å². The van der Waals surface area contributed by atoms with Crippen molar-refractivity contribution in [2.75, 3.05) is 24.6 Å². The van der Waals surface area contributed by atoms with Crippen LogP contribution in [0.15, 0.2) is 53.4 Å². The Hall–Kier alpha value is -1.45. The van der Waals surface area contributed by atoms with Gasteiger partial charge in [-0.25, -0.2) is 0 Å². The zero-order valence-electron chi connectivity index (χ0n) is 11.6. The van der Waals surface area contributed by atoms with E-state index in [1.807, 2.05) is 17.8 Å². The van der Waals surface area contributed by atoms with Gasteiger partial charge in [-0.1, -0.05) is 24.3 Å². The Morgan fingerprint density at radius 2 is 1.90 bits per heavy atom. The van der Waals surface area contributed by atoms with Crippen molar-refractivity contribution in [3.05, 3.63) is 59.7 Å². The lowest BCUT2D eigenvalue weighted by atomic mass is 9.99. The van der Waals surface area contributed by atoms with Gasteiger partial charge in [0.15, 0.2) is 0 Å². The molecule has 0 saturated heterocycles. The molecule has 2 nitrogen and oxygen atoms in total. The molecule has 3 rings (SSSR count). The van der Waals surface area contributed by atoms with Crippen molar-refractivity contribution in [3.63, 3.8) is 0 Å². The van der Waals surface area contributed by atoms with Crippen molar-refractivity contribution >= 4 is 17.4 Å². The van der Waals surface area contributed by atoms with Gasteiger partial charge in [-0.05, 0) is 41.8 Å². The Bertz CT molecular complexity index is 568. The van der Waals surface area contributed by atoms with Gasteiger partial charge in [0.25, 0.3) is 0 Å². The molecule has 3 heteroatoms. The molecule has 1 aliphatic rings. The minimum atomic E-state index is 0.879. The molecule has 0 radical (unpaired) electrons. The van der Waals surface area contributed by atoms with Gasteiger partial charge in [-0.2, -0.15) is 0 Å². The Balaban J connectivity index is 1.53. The number of nitrogens with two attached hydrogens (primary N) is 1. The van der Waals surface area contributed by atoms with Crippen molar-refractivity contribution < 1.29 is 0 Å². The molecular formula is C17H20N2S. The Morgan fingerprint density at radius 1 is 1.05 bits per heavy atom. The third kappa shape index (κ3) is 3.35.